The number of unbranched alkanes of at least 4 members (excludes halogenated alkanes) is 14. The van der Waals surface area contributed by atoms with Crippen LogP contribution in [-0.2, 0) is 28.7 Å². The molecule has 14 heteroatoms. The minimum absolute atomic E-state index is 0.268. The quantitative estimate of drug-likeness (QED) is 0.0178. The van der Waals surface area contributed by atoms with Gasteiger partial charge in [0.2, 0.25) is 11.5 Å². The molecule has 0 unspecified atom stereocenters. The fourth-order valence-electron chi connectivity index (χ4n) is 8.17. The lowest BCUT2D eigenvalue weighted by Crippen LogP contribution is -2.08. The maximum Gasteiger partial charge on any atom is 0.336 e. The van der Waals surface area contributed by atoms with E-state index in [1.807, 2.05) is 24.3 Å². The maximum absolute atomic E-state index is 13.4. The van der Waals surface area contributed by atoms with E-state index in [-0.39, 0.29) is 13.2 Å². The van der Waals surface area contributed by atoms with Crippen molar-refractivity contribution in [2.75, 3.05) is 52.9 Å². The fraction of sp³-hybridized carbons (Fsp3) is 0.485. The number of rotatable bonds is 44. The first-order valence-electron chi connectivity index (χ1n) is 29.2. The van der Waals surface area contributed by atoms with Gasteiger partial charge in [-0.25, -0.2) is 19.2 Å². The zero-order valence-corrected chi connectivity index (χ0v) is 48.2. The molecule has 0 saturated heterocycles. The van der Waals surface area contributed by atoms with Gasteiger partial charge in [0.1, 0.15) is 11.5 Å². The molecule has 0 N–H and O–H groups in total. The Balaban J connectivity index is 1.49. The molecule has 4 aromatic carbocycles. The van der Waals surface area contributed by atoms with Crippen LogP contribution in [0.1, 0.15) is 167 Å². The standard InChI is InChI=1S/C66H88O14/c1-7-13-17-21-45-75-63-51(31-37-57(65(63)77-47-23-19-15-9-3)71-41-25-27-43-73-59(67)11-5)33-39-61(69)79-55-35-29-54-50-56(36-30-53(54)49-55)80-62(70)40-34-52-32-38-58(72-42-26-28-44-74-60(68)12-6)66(78-48-24-20-16-10-4)64(52)76-46-22-18-14-8-2/h11-12,29-40,49-50H,5-10,13-28,41-48H2,1-4H3/b39-33+,40-34+. The van der Waals surface area contributed by atoms with Gasteiger partial charge in [0.25, 0.3) is 0 Å². The van der Waals surface area contributed by atoms with Crippen molar-refractivity contribution in [3.8, 4) is 46.0 Å². The van der Waals surface area contributed by atoms with Crippen LogP contribution < -0.4 is 37.9 Å². The number of hydrogen-bond acceptors (Lipinski definition) is 14. The molecule has 0 fully saturated rings. The van der Waals surface area contributed by atoms with E-state index < -0.39 is 23.9 Å². The van der Waals surface area contributed by atoms with E-state index in [4.69, 9.17) is 47.4 Å². The first-order chi connectivity index (χ1) is 39.1. The Morgan fingerprint density at radius 3 is 1.04 bits per heavy atom. The highest BCUT2D eigenvalue weighted by atomic mass is 16.6. The van der Waals surface area contributed by atoms with Gasteiger partial charge in [0.15, 0.2) is 23.0 Å². The summed E-state index contributed by atoms with van der Waals surface area (Å²) in [6, 6.07) is 17.8. The van der Waals surface area contributed by atoms with Crippen LogP contribution in [0.4, 0.5) is 0 Å². The van der Waals surface area contributed by atoms with E-state index in [9.17, 15) is 19.2 Å². The predicted molar refractivity (Wildman–Crippen MR) is 316 cm³/mol. The predicted octanol–water partition coefficient (Wildman–Crippen LogP) is 15.7. The third kappa shape index (κ3) is 25.3. The van der Waals surface area contributed by atoms with Crippen molar-refractivity contribution in [2.24, 2.45) is 0 Å². The molecule has 80 heavy (non-hydrogen) atoms. The SMILES string of the molecule is C=CC(=O)OCCCCOc1ccc(/C=C/C(=O)Oc2ccc3cc(OC(=O)/C=C/c4ccc(OCCCCOC(=O)C=C)c(OCCCCCC)c4OCCCCCC)ccc3c2)c(OCCCCCC)c1OCCCCCC. The third-order valence-corrected chi connectivity index (χ3v) is 12.6. The van der Waals surface area contributed by atoms with E-state index in [2.05, 4.69) is 40.9 Å². The molecule has 4 aromatic rings. The molecule has 0 radical (unpaired) electrons. The maximum atomic E-state index is 13.4. The van der Waals surface area contributed by atoms with E-state index in [1.54, 1.807) is 48.6 Å². The molecular weight excluding hydrogens is 1020 g/mol. The lowest BCUT2D eigenvalue weighted by Gasteiger charge is -2.19. The van der Waals surface area contributed by atoms with Crippen molar-refractivity contribution >= 4 is 46.8 Å². The summed E-state index contributed by atoms with van der Waals surface area (Å²) in [5, 5.41) is 1.53. The van der Waals surface area contributed by atoms with Crippen LogP contribution in [-0.4, -0.2) is 76.7 Å². The number of esters is 4. The Hall–Kier alpha value is -7.22. The average molecular weight is 1110 g/mol. The van der Waals surface area contributed by atoms with E-state index >= 15 is 0 Å². The third-order valence-electron chi connectivity index (χ3n) is 12.6. The molecule has 0 heterocycles. The molecule has 0 aliphatic heterocycles. The number of ether oxygens (including phenoxy) is 10. The Morgan fingerprint density at radius 1 is 0.362 bits per heavy atom. The van der Waals surface area contributed by atoms with Crippen molar-refractivity contribution in [1.82, 2.24) is 0 Å². The Labute approximate surface area is 475 Å². The first kappa shape index (κ1) is 65.3. The van der Waals surface area contributed by atoms with Crippen LogP contribution in [0, 0.1) is 0 Å². The van der Waals surface area contributed by atoms with Gasteiger partial charge in [0, 0.05) is 35.4 Å². The first-order valence-corrected chi connectivity index (χ1v) is 29.2. The van der Waals surface area contributed by atoms with Crippen molar-refractivity contribution in [3.05, 3.63) is 109 Å². The molecule has 14 nitrogen and oxygen atoms in total. The summed E-state index contributed by atoms with van der Waals surface area (Å²) in [7, 11) is 0. The van der Waals surface area contributed by atoms with Crippen LogP contribution in [0.15, 0.2) is 98.1 Å². The van der Waals surface area contributed by atoms with Gasteiger partial charge in [-0.2, -0.15) is 0 Å². The van der Waals surface area contributed by atoms with Gasteiger partial charge in [0.05, 0.1) is 52.9 Å². The molecular formula is C66H88O14. The van der Waals surface area contributed by atoms with E-state index in [1.165, 1.54) is 12.2 Å². The second-order valence-corrected chi connectivity index (χ2v) is 19.3. The van der Waals surface area contributed by atoms with Crippen molar-refractivity contribution in [3.63, 3.8) is 0 Å². The van der Waals surface area contributed by atoms with Crippen LogP contribution in [0.2, 0.25) is 0 Å². The lowest BCUT2D eigenvalue weighted by molar-refractivity contribution is -0.138. The van der Waals surface area contributed by atoms with E-state index in [0.29, 0.717) is 122 Å². The molecule has 0 bridgehead atoms. The summed E-state index contributed by atoms with van der Waals surface area (Å²) in [4.78, 5) is 49.7. The average Bonchev–Trinajstić information content (AvgIpc) is 3.46. The highest BCUT2D eigenvalue weighted by molar-refractivity contribution is 5.93. The molecule has 4 rings (SSSR count). The molecule has 0 aliphatic rings. The summed E-state index contributed by atoms with van der Waals surface area (Å²) in [6.07, 6.45) is 27.2. The molecule has 0 atom stereocenters. The summed E-state index contributed by atoms with van der Waals surface area (Å²) in [5.74, 6) is 1.58. The normalized spacial score (nSPS) is 11.1. The minimum Gasteiger partial charge on any atom is -0.490 e. The van der Waals surface area contributed by atoms with Gasteiger partial charge in [-0.15, -0.1) is 0 Å². The number of benzene rings is 4. The molecule has 0 saturated carbocycles. The van der Waals surface area contributed by atoms with Crippen LogP contribution in [0.5, 0.6) is 46.0 Å². The summed E-state index contributed by atoms with van der Waals surface area (Å²) >= 11 is 0. The number of hydrogen-bond donors (Lipinski definition) is 0. The van der Waals surface area contributed by atoms with Crippen molar-refractivity contribution in [1.29, 1.82) is 0 Å². The minimum atomic E-state index is -0.589. The second-order valence-electron chi connectivity index (χ2n) is 19.3. The van der Waals surface area contributed by atoms with Gasteiger partial charge < -0.3 is 47.4 Å². The second kappa shape index (κ2) is 40.0. The summed E-state index contributed by atoms with van der Waals surface area (Å²) in [5.41, 5.74) is 1.27. The van der Waals surface area contributed by atoms with E-state index in [0.717, 1.165) is 126 Å². The van der Waals surface area contributed by atoms with Crippen LogP contribution >= 0.6 is 0 Å². The topological polar surface area (TPSA) is 161 Å². The van der Waals surface area contributed by atoms with Gasteiger partial charge in [-0.3, -0.25) is 0 Å². The summed E-state index contributed by atoms with van der Waals surface area (Å²) < 4.78 is 59.9. The summed E-state index contributed by atoms with van der Waals surface area (Å²) in [6.45, 7) is 18.7. The lowest BCUT2D eigenvalue weighted by atomic mass is 10.1. The molecule has 0 spiro atoms. The fourth-order valence-corrected chi connectivity index (χ4v) is 8.17. The van der Waals surface area contributed by atoms with Gasteiger partial charge in [-0.05, 0) is 123 Å². The van der Waals surface area contributed by atoms with Gasteiger partial charge >= 0.3 is 23.9 Å². The zero-order chi connectivity index (χ0) is 57.4. The highest BCUT2D eigenvalue weighted by Gasteiger charge is 2.20. The Morgan fingerprint density at radius 2 is 0.688 bits per heavy atom. The monoisotopic (exact) mass is 1100 g/mol. The number of carbonyl (C=O) groups excluding carboxylic acids is 4. The molecule has 0 aromatic heterocycles. The number of carbonyl (C=O) groups is 4. The molecule has 0 amide bonds. The molecule has 436 valence electrons. The highest BCUT2D eigenvalue weighted by Crippen LogP contribution is 2.43. The molecule has 0 aliphatic carbocycles. The smallest absolute Gasteiger partial charge is 0.336 e. The van der Waals surface area contributed by atoms with Crippen LogP contribution in [0.3, 0.4) is 0 Å². The largest absolute Gasteiger partial charge is 0.490 e. The van der Waals surface area contributed by atoms with Crippen LogP contribution in [0.25, 0.3) is 22.9 Å². The zero-order valence-electron chi connectivity index (χ0n) is 48.2. The van der Waals surface area contributed by atoms with Crippen molar-refractivity contribution in [2.45, 2.75) is 156 Å². The Bertz CT molecular complexity index is 2390. The van der Waals surface area contributed by atoms with Gasteiger partial charge in [-0.1, -0.05) is 130 Å². The van der Waals surface area contributed by atoms with Crippen molar-refractivity contribution < 1.29 is 66.5 Å². The number of fused-ring (bicyclic) bond motifs is 1. The Kier molecular flexibility index (Phi) is 32.7.